The molecule has 0 heterocycles. The molecule has 0 spiro atoms. The zero-order chi connectivity index (χ0) is 13.1. The van der Waals surface area contributed by atoms with Gasteiger partial charge in [-0.15, -0.1) is 0 Å². The third kappa shape index (κ3) is 2.24. The smallest absolute Gasteiger partial charge is 0.259 e. The van der Waals surface area contributed by atoms with Crippen LogP contribution in [0.15, 0.2) is 42.5 Å². The zero-order valence-electron chi connectivity index (χ0n) is 9.22. The number of carbonyl (C=O) groups is 1. The maximum absolute atomic E-state index is 13.3. The highest BCUT2D eigenvalue weighted by Gasteiger charge is 2.15. The van der Waals surface area contributed by atoms with Crippen LogP contribution >= 0.6 is 0 Å². The lowest BCUT2D eigenvalue weighted by molar-refractivity contribution is 0.102. The average Bonchev–Trinajstić information content (AvgIpc) is 2.35. The normalized spacial score (nSPS) is 10.1. The van der Waals surface area contributed by atoms with Crippen LogP contribution in [0.5, 0.6) is 11.5 Å². The molecule has 2 aromatic rings. The Bertz CT molecular complexity index is 599. The number of hydrogen-bond donors (Lipinski definition) is 3. The SMILES string of the molecule is O=C(Nc1ccccc1F)c1cccc(O)c1O. The fourth-order valence-corrected chi connectivity index (χ4v) is 1.47. The van der Waals surface area contributed by atoms with Gasteiger partial charge in [0.25, 0.3) is 5.91 Å². The summed E-state index contributed by atoms with van der Waals surface area (Å²) < 4.78 is 13.3. The topological polar surface area (TPSA) is 69.6 Å². The first kappa shape index (κ1) is 11.9. The van der Waals surface area contributed by atoms with E-state index in [1.165, 1.54) is 36.4 Å². The molecule has 2 aromatic carbocycles. The van der Waals surface area contributed by atoms with E-state index >= 15 is 0 Å². The van der Waals surface area contributed by atoms with Crippen molar-refractivity contribution < 1.29 is 19.4 Å². The molecule has 2 rings (SSSR count). The standard InChI is InChI=1S/C13H10FNO3/c14-9-5-1-2-6-10(9)15-13(18)8-4-3-7-11(16)12(8)17/h1-7,16-17H,(H,15,18). The van der Waals surface area contributed by atoms with Crippen LogP contribution in [0, 0.1) is 5.82 Å². The van der Waals surface area contributed by atoms with Crippen molar-refractivity contribution >= 4 is 11.6 Å². The number of aromatic hydroxyl groups is 2. The van der Waals surface area contributed by atoms with Crippen LogP contribution in [-0.2, 0) is 0 Å². The van der Waals surface area contributed by atoms with E-state index in [0.29, 0.717) is 0 Å². The number of rotatable bonds is 2. The second kappa shape index (κ2) is 4.75. The zero-order valence-corrected chi connectivity index (χ0v) is 9.22. The van der Waals surface area contributed by atoms with Crippen LogP contribution in [0.3, 0.4) is 0 Å². The largest absolute Gasteiger partial charge is 0.504 e. The summed E-state index contributed by atoms with van der Waals surface area (Å²) >= 11 is 0. The molecule has 3 N–H and O–H groups in total. The van der Waals surface area contributed by atoms with Gasteiger partial charge in [-0.3, -0.25) is 4.79 Å². The molecule has 0 bridgehead atoms. The van der Waals surface area contributed by atoms with Gasteiger partial charge in [-0.05, 0) is 24.3 Å². The van der Waals surface area contributed by atoms with Gasteiger partial charge in [0, 0.05) is 0 Å². The Morgan fingerprint density at radius 3 is 2.50 bits per heavy atom. The minimum atomic E-state index is -0.700. The van der Waals surface area contributed by atoms with Crippen molar-refractivity contribution in [2.45, 2.75) is 0 Å². The average molecular weight is 247 g/mol. The number of para-hydroxylation sites is 2. The first-order chi connectivity index (χ1) is 8.59. The van der Waals surface area contributed by atoms with Crippen LogP contribution in [0.25, 0.3) is 0 Å². The molecular weight excluding hydrogens is 237 g/mol. The predicted octanol–water partition coefficient (Wildman–Crippen LogP) is 2.49. The molecule has 0 fully saturated rings. The minimum Gasteiger partial charge on any atom is -0.504 e. The third-order valence-electron chi connectivity index (χ3n) is 2.38. The number of phenols is 2. The third-order valence-corrected chi connectivity index (χ3v) is 2.38. The summed E-state index contributed by atoms with van der Waals surface area (Å²) in [6.07, 6.45) is 0. The number of phenolic OH excluding ortho intramolecular Hbond substituents is 2. The minimum absolute atomic E-state index is 0.00485. The molecule has 4 nitrogen and oxygen atoms in total. The molecule has 1 amide bonds. The molecule has 0 aliphatic carbocycles. The second-order valence-corrected chi connectivity index (χ2v) is 3.61. The molecule has 0 unspecified atom stereocenters. The monoisotopic (exact) mass is 247 g/mol. The molecule has 0 aromatic heterocycles. The van der Waals surface area contributed by atoms with Gasteiger partial charge in [0.15, 0.2) is 11.5 Å². The number of nitrogens with one attached hydrogen (secondary N) is 1. The lowest BCUT2D eigenvalue weighted by atomic mass is 10.1. The van der Waals surface area contributed by atoms with Gasteiger partial charge in [0.1, 0.15) is 5.82 Å². The number of carbonyl (C=O) groups excluding carboxylic acids is 1. The van der Waals surface area contributed by atoms with Gasteiger partial charge in [0.05, 0.1) is 11.3 Å². The van der Waals surface area contributed by atoms with Crippen LogP contribution in [0.2, 0.25) is 0 Å². The van der Waals surface area contributed by atoms with Gasteiger partial charge < -0.3 is 15.5 Å². The predicted molar refractivity (Wildman–Crippen MR) is 64.1 cm³/mol. The first-order valence-corrected chi connectivity index (χ1v) is 5.16. The molecule has 0 saturated carbocycles. The summed E-state index contributed by atoms with van der Waals surface area (Å²) in [6.45, 7) is 0. The highest BCUT2D eigenvalue weighted by atomic mass is 19.1. The van der Waals surface area contributed by atoms with Crippen molar-refractivity contribution in [1.82, 2.24) is 0 Å². The van der Waals surface area contributed by atoms with Crippen LogP contribution in [0.4, 0.5) is 10.1 Å². The van der Waals surface area contributed by atoms with E-state index in [0.717, 1.165) is 0 Å². The highest BCUT2D eigenvalue weighted by Crippen LogP contribution is 2.28. The van der Waals surface area contributed by atoms with E-state index < -0.39 is 23.2 Å². The van der Waals surface area contributed by atoms with Crippen molar-refractivity contribution in [2.24, 2.45) is 0 Å². The fourth-order valence-electron chi connectivity index (χ4n) is 1.47. The van der Waals surface area contributed by atoms with E-state index in [1.807, 2.05) is 0 Å². The molecule has 92 valence electrons. The first-order valence-electron chi connectivity index (χ1n) is 5.16. The van der Waals surface area contributed by atoms with Gasteiger partial charge in [0.2, 0.25) is 0 Å². The quantitative estimate of drug-likeness (QED) is 0.714. The Balaban J connectivity index is 2.28. The summed E-state index contributed by atoms with van der Waals surface area (Å²) in [4.78, 5) is 11.8. The second-order valence-electron chi connectivity index (χ2n) is 3.61. The molecule has 0 radical (unpaired) electrons. The molecular formula is C13H10FNO3. The Morgan fingerprint density at radius 2 is 1.78 bits per heavy atom. The van der Waals surface area contributed by atoms with Crippen molar-refractivity contribution in [1.29, 1.82) is 0 Å². The Labute approximate surface area is 102 Å². The van der Waals surface area contributed by atoms with E-state index in [4.69, 9.17) is 0 Å². The van der Waals surface area contributed by atoms with Gasteiger partial charge >= 0.3 is 0 Å². The number of halogens is 1. The molecule has 0 aliphatic rings. The molecule has 5 heteroatoms. The van der Waals surface area contributed by atoms with Crippen molar-refractivity contribution in [3.05, 3.63) is 53.8 Å². The summed E-state index contributed by atoms with van der Waals surface area (Å²) in [5.74, 6) is -2.22. The summed E-state index contributed by atoms with van der Waals surface area (Å²) in [5, 5.41) is 21.1. The van der Waals surface area contributed by atoms with Crippen LogP contribution in [-0.4, -0.2) is 16.1 Å². The van der Waals surface area contributed by atoms with E-state index in [9.17, 15) is 19.4 Å². The molecule has 0 atom stereocenters. The summed E-state index contributed by atoms with van der Waals surface area (Å²) in [6, 6.07) is 9.65. The number of anilines is 1. The fraction of sp³-hybridized carbons (Fsp3) is 0. The van der Waals surface area contributed by atoms with Crippen molar-refractivity contribution in [2.75, 3.05) is 5.32 Å². The van der Waals surface area contributed by atoms with Gasteiger partial charge in [-0.25, -0.2) is 4.39 Å². The summed E-state index contributed by atoms with van der Waals surface area (Å²) in [7, 11) is 0. The molecule has 18 heavy (non-hydrogen) atoms. The Morgan fingerprint density at radius 1 is 1.06 bits per heavy atom. The number of hydrogen-bond acceptors (Lipinski definition) is 3. The van der Waals surface area contributed by atoms with Gasteiger partial charge in [-0.2, -0.15) is 0 Å². The maximum atomic E-state index is 13.3. The van der Waals surface area contributed by atoms with E-state index in [-0.39, 0.29) is 11.3 Å². The molecule has 0 aliphatic heterocycles. The lowest BCUT2D eigenvalue weighted by Gasteiger charge is -2.08. The van der Waals surface area contributed by atoms with E-state index in [2.05, 4.69) is 5.32 Å². The number of amides is 1. The lowest BCUT2D eigenvalue weighted by Crippen LogP contribution is -2.13. The van der Waals surface area contributed by atoms with E-state index in [1.54, 1.807) is 6.07 Å². The van der Waals surface area contributed by atoms with Crippen LogP contribution in [0.1, 0.15) is 10.4 Å². The summed E-state index contributed by atoms with van der Waals surface area (Å²) in [5.41, 5.74) is -0.122. The highest BCUT2D eigenvalue weighted by molar-refractivity contribution is 6.06. The number of benzene rings is 2. The Kier molecular flexibility index (Phi) is 3.14. The van der Waals surface area contributed by atoms with Gasteiger partial charge in [-0.1, -0.05) is 18.2 Å². The maximum Gasteiger partial charge on any atom is 0.259 e. The Hall–Kier alpha value is -2.56. The van der Waals surface area contributed by atoms with Crippen LogP contribution < -0.4 is 5.32 Å². The van der Waals surface area contributed by atoms with Crippen molar-refractivity contribution in [3.8, 4) is 11.5 Å². The van der Waals surface area contributed by atoms with Crippen molar-refractivity contribution in [3.63, 3.8) is 0 Å². The molecule has 0 saturated heterocycles.